The van der Waals surface area contributed by atoms with Gasteiger partial charge in [-0.05, 0) is 54.6 Å². The molecule has 3 atom stereocenters. The Kier molecular flexibility index (Phi) is 5.11. The molecule has 0 bridgehead atoms. The summed E-state index contributed by atoms with van der Waals surface area (Å²) < 4.78 is 5.91. The minimum Gasteiger partial charge on any atom is -0.508 e. The van der Waals surface area contributed by atoms with E-state index in [2.05, 4.69) is 15.9 Å². The van der Waals surface area contributed by atoms with Crippen molar-refractivity contribution in [1.29, 1.82) is 0 Å². The van der Waals surface area contributed by atoms with Crippen molar-refractivity contribution in [3.05, 3.63) is 82.8 Å². The molecule has 0 saturated carbocycles. The molecule has 0 aromatic heterocycles. The van der Waals surface area contributed by atoms with Crippen molar-refractivity contribution in [3.8, 4) is 11.5 Å². The molecular formula is C24H19BrN2O5. The number of ether oxygens (including phenoxy) is 1. The van der Waals surface area contributed by atoms with E-state index in [1.165, 1.54) is 0 Å². The van der Waals surface area contributed by atoms with Gasteiger partial charge in [0, 0.05) is 10.0 Å². The summed E-state index contributed by atoms with van der Waals surface area (Å²) in [5, 5.41) is 12.2. The lowest BCUT2D eigenvalue weighted by molar-refractivity contribution is -0.126. The molecular weight excluding hydrogens is 476 g/mol. The first-order valence-electron chi connectivity index (χ1n) is 10.0. The fourth-order valence-electron chi connectivity index (χ4n) is 4.28. The lowest BCUT2D eigenvalue weighted by Gasteiger charge is -2.29. The molecule has 2 amide bonds. The van der Waals surface area contributed by atoms with E-state index in [-0.39, 0.29) is 11.7 Å². The molecule has 2 saturated heterocycles. The highest BCUT2D eigenvalue weighted by Gasteiger charge is 2.60. The van der Waals surface area contributed by atoms with Gasteiger partial charge in [0.05, 0.1) is 24.5 Å². The molecule has 32 heavy (non-hydrogen) atoms. The van der Waals surface area contributed by atoms with Gasteiger partial charge in [-0.25, -0.2) is 9.96 Å². The van der Waals surface area contributed by atoms with Gasteiger partial charge in [0.2, 0.25) is 5.91 Å². The first kappa shape index (κ1) is 20.5. The van der Waals surface area contributed by atoms with Gasteiger partial charge in [-0.1, -0.05) is 34.1 Å². The number of para-hydroxylation sites is 1. The molecule has 2 aliphatic heterocycles. The van der Waals surface area contributed by atoms with E-state index < -0.39 is 24.0 Å². The summed E-state index contributed by atoms with van der Waals surface area (Å²) in [5.74, 6) is -1.01. The molecule has 0 aliphatic carbocycles. The number of nitrogens with zero attached hydrogens (tertiary/aromatic N) is 2. The Morgan fingerprint density at radius 2 is 1.66 bits per heavy atom. The Bertz CT molecular complexity index is 1180. The fraction of sp³-hybridized carbons (Fsp3) is 0.167. The van der Waals surface area contributed by atoms with Crippen LogP contribution < -0.4 is 14.7 Å². The second kappa shape index (κ2) is 7.96. The third-order valence-electron chi connectivity index (χ3n) is 5.76. The van der Waals surface area contributed by atoms with E-state index in [1.54, 1.807) is 54.6 Å². The van der Waals surface area contributed by atoms with Crippen LogP contribution in [-0.2, 0) is 14.4 Å². The van der Waals surface area contributed by atoms with E-state index >= 15 is 0 Å². The Morgan fingerprint density at radius 3 is 2.34 bits per heavy atom. The average molecular weight is 495 g/mol. The van der Waals surface area contributed by atoms with E-state index in [0.717, 1.165) is 9.37 Å². The molecule has 2 fully saturated rings. The molecule has 3 aromatic carbocycles. The maximum Gasteiger partial charge on any atom is 0.266 e. The number of benzene rings is 3. The van der Waals surface area contributed by atoms with Crippen LogP contribution in [0, 0.1) is 5.92 Å². The zero-order valence-electron chi connectivity index (χ0n) is 17.0. The number of aromatic hydroxyl groups is 1. The monoisotopic (exact) mass is 494 g/mol. The molecule has 1 N–H and O–H groups in total. The number of fused-ring (bicyclic) bond motifs is 1. The summed E-state index contributed by atoms with van der Waals surface area (Å²) in [6.07, 6.45) is -1.01. The third kappa shape index (κ3) is 3.23. The number of amides is 2. The number of hydroxylamine groups is 1. The molecule has 0 spiro atoms. The van der Waals surface area contributed by atoms with Crippen LogP contribution in [0.1, 0.15) is 11.6 Å². The van der Waals surface area contributed by atoms with Crippen molar-refractivity contribution >= 4 is 39.1 Å². The van der Waals surface area contributed by atoms with Gasteiger partial charge in [-0.3, -0.25) is 14.4 Å². The van der Waals surface area contributed by atoms with Crippen molar-refractivity contribution in [2.45, 2.75) is 12.1 Å². The van der Waals surface area contributed by atoms with Crippen molar-refractivity contribution in [2.75, 3.05) is 17.1 Å². The lowest BCUT2D eigenvalue weighted by atomic mass is 9.90. The SMILES string of the molecule is COc1ccc(N2C(=O)[C@H]3[C@H](ON(c4ccccc4)[C@H]3c3cc(Br)ccc3O)C2=O)cc1. The van der Waals surface area contributed by atoms with Crippen molar-refractivity contribution < 1.29 is 24.3 Å². The first-order valence-corrected chi connectivity index (χ1v) is 10.8. The summed E-state index contributed by atoms with van der Waals surface area (Å²) >= 11 is 3.44. The first-order chi connectivity index (χ1) is 15.5. The summed E-state index contributed by atoms with van der Waals surface area (Å²) in [4.78, 5) is 34.1. The number of halogens is 1. The quantitative estimate of drug-likeness (QED) is 0.547. The number of phenolic OH excluding ortho intramolecular Hbond substituents is 1. The van der Waals surface area contributed by atoms with Gasteiger partial charge in [-0.2, -0.15) is 0 Å². The van der Waals surface area contributed by atoms with Crippen LogP contribution in [0.4, 0.5) is 11.4 Å². The normalized spacial score (nSPS) is 22.4. The molecule has 2 aliphatic rings. The van der Waals surface area contributed by atoms with Crippen LogP contribution in [0.5, 0.6) is 11.5 Å². The predicted octanol–water partition coefficient (Wildman–Crippen LogP) is 4.21. The Hall–Kier alpha value is -3.36. The summed E-state index contributed by atoms with van der Waals surface area (Å²) in [5.41, 5.74) is 1.62. The summed E-state index contributed by atoms with van der Waals surface area (Å²) in [6, 6.07) is 20.3. The molecule has 7 nitrogen and oxygen atoms in total. The number of anilines is 2. The lowest BCUT2D eigenvalue weighted by Crippen LogP contribution is -2.37. The molecule has 5 rings (SSSR count). The minimum atomic E-state index is -1.01. The molecule has 8 heteroatoms. The number of carbonyl (C=O) groups excluding carboxylic acids is 2. The second-order valence-electron chi connectivity index (χ2n) is 7.57. The van der Waals surface area contributed by atoms with Crippen LogP contribution in [0.25, 0.3) is 0 Å². The van der Waals surface area contributed by atoms with Crippen molar-refractivity contribution in [3.63, 3.8) is 0 Å². The standard InChI is InChI=1S/C24H19BrN2O5/c1-31-17-10-8-15(9-11-17)26-23(29)20-21(18-13-14(25)7-12-19(18)28)27(32-22(20)24(26)30)16-5-3-2-4-6-16/h2-13,20-22,28H,1H3/t20-,21+,22+/m1/s1. The minimum absolute atomic E-state index is 0.0199. The van der Waals surface area contributed by atoms with Crippen LogP contribution >= 0.6 is 15.9 Å². The second-order valence-corrected chi connectivity index (χ2v) is 8.49. The van der Waals surface area contributed by atoms with Crippen LogP contribution in [0.2, 0.25) is 0 Å². The number of imide groups is 1. The van der Waals surface area contributed by atoms with Gasteiger partial charge in [0.25, 0.3) is 5.91 Å². The Balaban J connectivity index is 1.59. The molecule has 0 unspecified atom stereocenters. The van der Waals surface area contributed by atoms with Crippen LogP contribution in [-0.4, -0.2) is 30.1 Å². The fourth-order valence-corrected chi connectivity index (χ4v) is 4.66. The molecule has 3 aromatic rings. The van der Waals surface area contributed by atoms with Gasteiger partial charge in [0.1, 0.15) is 17.4 Å². The number of rotatable bonds is 4. The van der Waals surface area contributed by atoms with E-state index in [9.17, 15) is 14.7 Å². The zero-order valence-corrected chi connectivity index (χ0v) is 18.6. The van der Waals surface area contributed by atoms with Gasteiger partial charge >= 0.3 is 0 Å². The van der Waals surface area contributed by atoms with Gasteiger partial charge < -0.3 is 9.84 Å². The number of carbonyl (C=O) groups is 2. The third-order valence-corrected chi connectivity index (χ3v) is 6.26. The van der Waals surface area contributed by atoms with Gasteiger partial charge in [0.15, 0.2) is 6.10 Å². The highest BCUT2D eigenvalue weighted by Crippen LogP contribution is 2.49. The van der Waals surface area contributed by atoms with Crippen molar-refractivity contribution in [1.82, 2.24) is 0 Å². The average Bonchev–Trinajstić information content (AvgIpc) is 3.32. The number of hydrogen-bond donors (Lipinski definition) is 1. The number of phenols is 1. The zero-order chi connectivity index (χ0) is 22.4. The molecule has 2 heterocycles. The summed E-state index contributed by atoms with van der Waals surface area (Å²) in [7, 11) is 1.55. The maximum absolute atomic E-state index is 13.6. The predicted molar refractivity (Wildman–Crippen MR) is 121 cm³/mol. The van der Waals surface area contributed by atoms with E-state index in [1.807, 2.05) is 30.3 Å². The Morgan fingerprint density at radius 1 is 0.938 bits per heavy atom. The highest BCUT2D eigenvalue weighted by molar-refractivity contribution is 9.10. The van der Waals surface area contributed by atoms with Crippen molar-refractivity contribution in [2.24, 2.45) is 5.92 Å². The maximum atomic E-state index is 13.6. The molecule has 162 valence electrons. The van der Waals surface area contributed by atoms with E-state index in [0.29, 0.717) is 22.7 Å². The van der Waals surface area contributed by atoms with Crippen LogP contribution in [0.15, 0.2) is 77.3 Å². The highest BCUT2D eigenvalue weighted by atomic mass is 79.9. The largest absolute Gasteiger partial charge is 0.508 e. The summed E-state index contributed by atoms with van der Waals surface area (Å²) in [6.45, 7) is 0. The molecule has 0 radical (unpaired) electrons. The number of hydrogen-bond acceptors (Lipinski definition) is 6. The smallest absolute Gasteiger partial charge is 0.266 e. The van der Waals surface area contributed by atoms with E-state index in [4.69, 9.17) is 9.57 Å². The van der Waals surface area contributed by atoms with Crippen LogP contribution in [0.3, 0.4) is 0 Å². The van der Waals surface area contributed by atoms with Gasteiger partial charge in [-0.15, -0.1) is 0 Å². The topological polar surface area (TPSA) is 79.3 Å². The Labute approximate surface area is 192 Å². The number of methoxy groups -OCH3 is 1.